The van der Waals surface area contributed by atoms with Crippen LogP contribution in [-0.4, -0.2) is 0 Å². The average Bonchev–Trinajstić information content (AvgIpc) is 2.49. The van der Waals surface area contributed by atoms with Crippen LogP contribution in [0.3, 0.4) is 0 Å². The molecule has 0 unspecified atom stereocenters. The molecule has 0 bridgehead atoms. The van der Waals surface area contributed by atoms with E-state index >= 15 is 0 Å². The van der Waals surface area contributed by atoms with Crippen LogP contribution in [0.25, 0.3) is 28.0 Å². The van der Waals surface area contributed by atoms with Crippen molar-refractivity contribution in [2.24, 2.45) is 0 Å². The normalized spacial score (nSPS) is 10.6. The van der Waals surface area contributed by atoms with E-state index < -0.39 is 0 Å². The fourth-order valence-corrected chi connectivity index (χ4v) is 2.61. The predicted molar refractivity (Wildman–Crippen MR) is 84.2 cm³/mol. The molecule has 0 aromatic heterocycles. The van der Waals surface area contributed by atoms with Crippen LogP contribution in [0.5, 0.6) is 0 Å². The molecule has 0 atom stereocenters. The molecule has 0 aliphatic heterocycles. The molecule has 0 aliphatic rings. The Kier molecular flexibility index (Phi) is 2.92. The summed E-state index contributed by atoms with van der Waals surface area (Å²) in [5, 5.41) is 2.61. The number of hydrogen-bond acceptors (Lipinski definition) is 0. The van der Waals surface area contributed by atoms with Gasteiger partial charge in [-0.3, -0.25) is 0 Å². The van der Waals surface area contributed by atoms with Crippen LogP contribution in [0.1, 0.15) is 11.1 Å². The van der Waals surface area contributed by atoms with Crippen LogP contribution in [-0.2, 0) is 0 Å². The van der Waals surface area contributed by atoms with Gasteiger partial charge in [0, 0.05) is 0 Å². The molecule has 0 aliphatic carbocycles. The van der Waals surface area contributed by atoms with Gasteiger partial charge in [0.15, 0.2) is 0 Å². The lowest BCUT2D eigenvalue weighted by Crippen LogP contribution is -1.88. The monoisotopic (exact) mass is 244 g/mol. The highest BCUT2D eigenvalue weighted by molar-refractivity contribution is 6.00. The zero-order valence-corrected chi connectivity index (χ0v) is 11.1. The van der Waals surface area contributed by atoms with Crippen LogP contribution in [0.15, 0.2) is 67.2 Å². The summed E-state index contributed by atoms with van der Waals surface area (Å²) in [6.07, 6.45) is 1.94. The number of aryl methyl sites for hydroxylation is 1. The van der Waals surface area contributed by atoms with Gasteiger partial charge in [-0.25, -0.2) is 0 Å². The van der Waals surface area contributed by atoms with Crippen molar-refractivity contribution in [2.45, 2.75) is 6.92 Å². The Bertz CT molecular complexity index is 737. The van der Waals surface area contributed by atoms with E-state index in [1.54, 1.807) is 0 Å². The predicted octanol–water partition coefficient (Wildman–Crippen LogP) is 5.46. The Balaban J connectivity index is 2.42. The highest BCUT2D eigenvalue weighted by atomic mass is 14.1. The van der Waals surface area contributed by atoms with Crippen LogP contribution < -0.4 is 0 Å². The van der Waals surface area contributed by atoms with E-state index in [9.17, 15) is 0 Å². The molecule has 0 radical (unpaired) electrons. The Morgan fingerprint density at radius 1 is 0.842 bits per heavy atom. The zero-order valence-electron chi connectivity index (χ0n) is 11.1. The summed E-state index contributed by atoms with van der Waals surface area (Å²) in [4.78, 5) is 0. The first-order valence-electron chi connectivity index (χ1n) is 6.51. The van der Waals surface area contributed by atoms with Crippen molar-refractivity contribution in [3.8, 4) is 11.1 Å². The van der Waals surface area contributed by atoms with Gasteiger partial charge in [-0.1, -0.05) is 67.3 Å². The maximum absolute atomic E-state index is 3.93. The molecular weight excluding hydrogens is 228 g/mol. The van der Waals surface area contributed by atoms with Gasteiger partial charge in [-0.2, -0.15) is 0 Å². The highest BCUT2D eigenvalue weighted by Crippen LogP contribution is 2.33. The van der Waals surface area contributed by atoms with Crippen molar-refractivity contribution >= 4 is 16.8 Å². The molecule has 3 aromatic carbocycles. The molecule has 19 heavy (non-hydrogen) atoms. The lowest BCUT2D eigenvalue weighted by atomic mass is 9.92. The third kappa shape index (κ3) is 1.96. The quantitative estimate of drug-likeness (QED) is 0.561. The van der Waals surface area contributed by atoms with Gasteiger partial charge >= 0.3 is 0 Å². The minimum absolute atomic E-state index is 1.21. The molecule has 0 saturated heterocycles. The van der Waals surface area contributed by atoms with Gasteiger partial charge in [0.2, 0.25) is 0 Å². The van der Waals surface area contributed by atoms with E-state index in [1.807, 2.05) is 12.1 Å². The second-order valence-electron chi connectivity index (χ2n) is 4.75. The number of fused-ring (bicyclic) bond motifs is 1. The van der Waals surface area contributed by atoms with Crippen molar-refractivity contribution in [3.63, 3.8) is 0 Å². The molecule has 0 nitrogen and oxygen atoms in total. The van der Waals surface area contributed by atoms with Gasteiger partial charge in [0.1, 0.15) is 0 Å². The summed E-state index contributed by atoms with van der Waals surface area (Å²) in [7, 11) is 0. The third-order valence-electron chi connectivity index (χ3n) is 3.66. The summed E-state index contributed by atoms with van der Waals surface area (Å²) in [5.41, 5.74) is 5.03. The Hall–Kier alpha value is -2.34. The van der Waals surface area contributed by atoms with Gasteiger partial charge in [0.25, 0.3) is 0 Å². The summed E-state index contributed by atoms with van der Waals surface area (Å²) in [5.74, 6) is 0. The van der Waals surface area contributed by atoms with Crippen molar-refractivity contribution in [3.05, 3.63) is 78.4 Å². The van der Waals surface area contributed by atoms with Crippen molar-refractivity contribution < 1.29 is 0 Å². The Morgan fingerprint density at radius 3 is 2.16 bits per heavy atom. The topological polar surface area (TPSA) is 0 Å². The maximum atomic E-state index is 3.93. The average molecular weight is 244 g/mol. The van der Waals surface area contributed by atoms with Gasteiger partial charge in [0.05, 0.1) is 0 Å². The smallest absolute Gasteiger partial charge is 0.00993 e. The number of benzene rings is 3. The van der Waals surface area contributed by atoms with E-state index in [-0.39, 0.29) is 0 Å². The molecule has 0 heteroatoms. The molecule has 0 spiro atoms. The second-order valence-corrected chi connectivity index (χ2v) is 4.75. The van der Waals surface area contributed by atoms with Crippen molar-refractivity contribution in [2.75, 3.05) is 0 Å². The lowest BCUT2D eigenvalue weighted by molar-refractivity contribution is 1.49. The zero-order chi connectivity index (χ0) is 13.2. The van der Waals surface area contributed by atoms with Crippen LogP contribution in [0, 0.1) is 6.92 Å². The fourth-order valence-electron chi connectivity index (χ4n) is 2.61. The Labute approximate surface area is 114 Å². The van der Waals surface area contributed by atoms with E-state index in [1.165, 1.54) is 33.0 Å². The molecule has 0 fully saturated rings. The molecule has 0 heterocycles. The summed E-state index contributed by atoms with van der Waals surface area (Å²) < 4.78 is 0. The highest BCUT2D eigenvalue weighted by Gasteiger charge is 2.08. The molecular formula is C19H16. The number of hydrogen-bond donors (Lipinski definition) is 0. The standard InChI is InChI=1S/C19H16/c1-3-15-13-19(16-9-5-4-6-10-16)18-12-8-7-11-17(18)14(15)2/h3-13H,1H2,2H3. The lowest BCUT2D eigenvalue weighted by Gasteiger charge is -2.12. The van der Waals surface area contributed by atoms with E-state index in [4.69, 9.17) is 0 Å². The van der Waals surface area contributed by atoms with Crippen LogP contribution in [0.4, 0.5) is 0 Å². The largest absolute Gasteiger partial charge is 0.0985 e. The fraction of sp³-hybridized carbons (Fsp3) is 0.0526. The SMILES string of the molecule is C=Cc1cc(-c2ccccc2)c2ccccc2c1C. The van der Waals surface area contributed by atoms with Gasteiger partial charge in [-0.15, -0.1) is 0 Å². The summed E-state index contributed by atoms with van der Waals surface area (Å²) >= 11 is 0. The molecule has 0 amide bonds. The minimum Gasteiger partial charge on any atom is -0.0985 e. The third-order valence-corrected chi connectivity index (χ3v) is 3.66. The van der Waals surface area contributed by atoms with E-state index in [0.29, 0.717) is 0 Å². The molecule has 0 saturated carbocycles. The first-order valence-corrected chi connectivity index (χ1v) is 6.51. The Morgan fingerprint density at radius 2 is 1.47 bits per heavy atom. The van der Waals surface area contributed by atoms with Gasteiger partial charge < -0.3 is 0 Å². The van der Waals surface area contributed by atoms with Crippen molar-refractivity contribution in [1.29, 1.82) is 0 Å². The van der Waals surface area contributed by atoms with Gasteiger partial charge in [-0.05, 0) is 46.0 Å². The second kappa shape index (κ2) is 4.74. The van der Waals surface area contributed by atoms with E-state index in [2.05, 4.69) is 68.1 Å². The maximum Gasteiger partial charge on any atom is -0.00993 e. The van der Waals surface area contributed by atoms with Crippen molar-refractivity contribution in [1.82, 2.24) is 0 Å². The number of rotatable bonds is 2. The van der Waals surface area contributed by atoms with E-state index in [0.717, 1.165) is 0 Å². The summed E-state index contributed by atoms with van der Waals surface area (Å²) in [6.45, 7) is 6.09. The minimum atomic E-state index is 1.21. The molecule has 92 valence electrons. The van der Waals surface area contributed by atoms with Crippen LogP contribution >= 0.6 is 0 Å². The molecule has 3 rings (SSSR count). The molecule has 3 aromatic rings. The summed E-state index contributed by atoms with van der Waals surface area (Å²) in [6, 6.07) is 21.3. The first-order chi connectivity index (χ1) is 9.31. The molecule has 0 N–H and O–H groups in total. The first kappa shape index (κ1) is 11.7. The van der Waals surface area contributed by atoms with Crippen LogP contribution in [0.2, 0.25) is 0 Å².